The van der Waals surface area contributed by atoms with Crippen LogP contribution < -0.4 is 33.2 Å². The fraction of sp³-hybridized carbons (Fsp3) is 0.500. The molecule has 0 saturated heterocycles. The molecule has 0 bridgehead atoms. The van der Waals surface area contributed by atoms with Gasteiger partial charge in [0.15, 0.2) is 0 Å². The minimum Gasteiger partial charge on any atom is -0.480 e. The Morgan fingerprint density at radius 1 is 0.857 bits per heavy atom. The lowest BCUT2D eigenvalue weighted by Gasteiger charge is -2.24. The second-order valence-electron chi connectivity index (χ2n) is 7.96. The molecule has 13 heteroatoms. The summed E-state index contributed by atoms with van der Waals surface area (Å²) in [5.41, 5.74) is 16.7. The number of carboxylic acids is 1. The minimum absolute atomic E-state index is 0.0147. The standard InChI is InChI=1S/C22H34N6O7/c23-9-5-4-8-15(22(34)35)26-20(32)16(10-13-6-2-1-3-7-13)27-21(33)17(12-29)28-19(31)14(24)11-18(25)30/h1-3,6-7,14-17,29H,4-5,8-12,23-24H2,(H2,25,30)(H,26,32)(H,27,33)(H,28,31)(H,34,35). The average molecular weight is 495 g/mol. The van der Waals surface area contributed by atoms with Gasteiger partial charge >= 0.3 is 5.97 Å². The molecule has 4 amide bonds. The summed E-state index contributed by atoms with van der Waals surface area (Å²) in [5.74, 6) is -4.61. The van der Waals surface area contributed by atoms with Crippen molar-refractivity contribution in [1.29, 1.82) is 0 Å². The topological polar surface area (TPSA) is 240 Å². The van der Waals surface area contributed by atoms with Crippen molar-refractivity contribution in [1.82, 2.24) is 16.0 Å². The van der Waals surface area contributed by atoms with Gasteiger partial charge in [0.1, 0.15) is 18.1 Å². The normalized spacial score (nSPS) is 14.1. The van der Waals surface area contributed by atoms with E-state index in [9.17, 15) is 34.2 Å². The van der Waals surface area contributed by atoms with E-state index in [1.54, 1.807) is 30.3 Å². The zero-order valence-electron chi connectivity index (χ0n) is 19.3. The third-order valence-electron chi connectivity index (χ3n) is 5.05. The maximum absolute atomic E-state index is 13.0. The first kappa shape index (κ1) is 29.5. The van der Waals surface area contributed by atoms with Gasteiger partial charge in [0.05, 0.1) is 19.1 Å². The van der Waals surface area contributed by atoms with Gasteiger partial charge in [-0.2, -0.15) is 0 Å². The zero-order valence-corrected chi connectivity index (χ0v) is 19.3. The fourth-order valence-electron chi connectivity index (χ4n) is 3.14. The van der Waals surface area contributed by atoms with Crippen molar-refractivity contribution in [2.75, 3.05) is 13.2 Å². The first-order valence-electron chi connectivity index (χ1n) is 11.1. The molecule has 0 aromatic heterocycles. The Bertz CT molecular complexity index is 867. The van der Waals surface area contributed by atoms with Crippen molar-refractivity contribution in [3.63, 3.8) is 0 Å². The molecule has 11 N–H and O–H groups in total. The molecule has 0 saturated carbocycles. The number of amides is 4. The molecule has 0 spiro atoms. The summed E-state index contributed by atoms with van der Waals surface area (Å²) in [6.45, 7) is -0.443. The van der Waals surface area contributed by atoms with Crippen molar-refractivity contribution in [3.05, 3.63) is 35.9 Å². The van der Waals surface area contributed by atoms with Crippen LogP contribution in [0.25, 0.3) is 0 Å². The van der Waals surface area contributed by atoms with Gasteiger partial charge < -0.3 is 43.4 Å². The van der Waals surface area contributed by atoms with Gasteiger partial charge in [-0.25, -0.2) is 4.79 Å². The molecule has 0 aliphatic rings. The van der Waals surface area contributed by atoms with Crippen LogP contribution in [0.15, 0.2) is 30.3 Å². The number of aliphatic hydroxyl groups excluding tert-OH is 1. The molecule has 13 nitrogen and oxygen atoms in total. The Morgan fingerprint density at radius 3 is 1.97 bits per heavy atom. The molecule has 1 aromatic rings. The van der Waals surface area contributed by atoms with E-state index in [1.165, 1.54) is 0 Å². The number of nitrogens with two attached hydrogens (primary N) is 3. The Kier molecular flexibility index (Phi) is 12.9. The Labute approximate surface area is 202 Å². The maximum atomic E-state index is 13.0. The summed E-state index contributed by atoms with van der Waals surface area (Å²) in [5, 5.41) is 26.1. The second kappa shape index (κ2) is 15.4. The second-order valence-corrected chi connectivity index (χ2v) is 7.96. The molecule has 4 atom stereocenters. The van der Waals surface area contributed by atoms with Crippen LogP contribution in [0.5, 0.6) is 0 Å². The number of rotatable bonds is 16. The van der Waals surface area contributed by atoms with Crippen molar-refractivity contribution >= 4 is 29.6 Å². The highest BCUT2D eigenvalue weighted by molar-refractivity contribution is 5.95. The molecule has 0 radical (unpaired) electrons. The van der Waals surface area contributed by atoms with E-state index in [0.29, 0.717) is 24.9 Å². The molecule has 35 heavy (non-hydrogen) atoms. The monoisotopic (exact) mass is 494 g/mol. The molecule has 1 rings (SSSR count). The van der Waals surface area contributed by atoms with Crippen LogP contribution in [0.2, 0.25) is 0 Å². The van der Waals surface area contributed by atoms with E-state index in [-0.39, 0.29) is 12.8 Å². The molecule has 4 unspecified atom stereocenters. The fourth-order valence-corrected chi connectivity index (χ4v) is 3.14. The maximum Gasteiger partial charge on any atom is 0.326 e. The lowest BCUT2D eigenvalue weighted by Crippen LogP contribution is -2.58. The molecule has 0 fully saturated rings. The lowest BCUT2D eigenvalue weighted by molar-refractivity contribution is -0.142. The molecule has 0 heterocycles. The zero-order chi connectivity index (χ0) is 26.4. The van der Waals surface area contributed by atoms with Crippen LogP contribution in [-0.4, -0.2) is 77.1 Å². The smallest absolute Gasteiger partial charge is 0.326 e. The predicted molar refractivity (Wildman–Crippen MR) is 125 cm³/mol. The van der Waals surface area contributed by atoms with Crippen LogP contribution in [0, 0.1) is 0 Å². The number of carbonyl (C=O) groups excluding carboxylic acids is 4. The van der Waals surface area contributed by atoms with Gasteiger partial charge in [-0.1, -0.05) is 30.3 Å². The number of aliphatic hydroxyl groups is 1. The first-order valence-corrected chi connectivity index (χ1v) is 11.1. The molecule has 0 aliphatic heterocycles. The third-order valence-corrected chi connectivity index (χ3v) is 5.05. The van der Waals surface area contributed by atoms with Gasteiger partial charge in [-0.05, 0) is 31.4 Å². The van der Waals surface area contributed by atoms with Crippen molar-refractivity contribution in [2.24, 2.45) is 17.2 Å². The summed E-state index contributed by atoms with van der Waals surface area (Å²) in [6, 6.07) is 3.45. The SMILES string of the molecule is NCCCCC(NC(=O)C(Cc1ccccc1)NC(=O)C(CO)NC(=O)C(N)CC(N)=O)C(=O)O. The first-order chi connectivity index (χ1) is 16.6. The molecule has 194 valence electrons. The molecular formula is C22H34N6O7. The van der Waals surface area contributed by atoms with Gasteiger partial charge in [-0.15, -0.1) is 0 Å². The van der Waals surface area contributed by atoms with Gasteiger partial charge in [-0.3, -0.25) is 19.2 Å². The third kappa shape index (κ3) is 10.9. The van der Waals surface area contributed by atoms with Gasteiger partial charge in [0, 0.05) is 6.42 Å². The van der Waals surface area contributed by atoms with E-state index >= 15 is 0 Å². The summed E-state index contributed by atoms with van der Waals surface area (Å²) >= 11 is 0. The number of nitrogens with one attached hydrogen (secondary N) is 3. The number of aliphatic carboxylic acids is 1. The predicted octanol–water partition coefficient (Wildman–Crippen LogP) is -2.91. The van der Waals surface area contributed by atoms with Crippen LogP contribution in [-0.2, 0) is 30.4 Å². The summed E-state index contributed by atoms with van der Waals surface area (Å²) in [6.07, 6.45) is 0.761. The quantitative estimate of drug-likeness (QED) is 0.110. The van der Waals surface area contributed by atoms with Gasteiger partial charge in [0.2, 0.25) is 23.6 Å². The lowest BCUT2D eigenvalue weighted by atomic mass is 10.0. The Balaban J connectivity index is 2.98. The van der Waals surface area contributed by atoms with Crippen LogP contribution in [0.4, 0.5) is 0 Å². The number of benzene rings is 1. The van der Waals surface area contributed by atoms with Crippen LogP contribution in [0.1, 0.15) is 31.2 Å². The number of hydrogen-bond acceptors (Lipinski definition) is 8. The number of carboxylic acid groups (broad SMARTS) is 1. The van der Waals surface area contributed by atoms with E-state index < -0.39 is 66.8 Å². The van der Waals surface area contributed by atoms with Crippen LogP contribution in [0.3, 0.4) is 0 Å². The number of primary amides is 1. The summed E-state index contributed by atoms with van der Waals surface area (Å²) in [7, 11) is 0. The van der Waals surface area contributed by atoms with Gasteiger partial charge in [0.25, 0.3) is 0 Å². The highest BCUT2D eigenvalue weighted by atomic mass is 16.4. The van der Waals surface area contributed by atoms with E-state index in [0.717, 1.165) is 0 Å². The summed E-state index contributed by atoms with van der Waals surface area (Å²) in [4.78, 5) is 60.4. The number of hydrogen-bond donors (Lipinski definition) is 8. The van der Waals surface area contributed by atoms with Crippen molar-refractivity contribution in [3.8, 4) is 0 Å². The molecular weight excluding hydrogens is 460 g/mol. The Morgan fingerprint density at radius 2 is 1.43 bits per heavy atom. The van der Waals surface area contributed by atoms with Crippen molar-refractivity contribution in [2.45, 2.75) is 56.3 Å². The number of carbonyl (C=O) groups is 5. The highest BCUT2D eigenvalue weighted by Gasteiger charge is 2.30. The highest BCUT2D eigenvalue weighted by Crippen LogP contribution is 2.07. The average Bonchev–Trinajstić information content (AvgIpc) is 2.81. The Hall–Kier alpha value is -3.55. The minimum atomic E-state index is -1.48. The molecule has 0 aliphatic carbocycles. The largest absolute Gasteiger partial charge is 0.480 e. The van der Waals surface area contributed by atoms with Crippen molar-refractivity contribution < 1.29 is 34.2 Å². The molecule has 1 aromatic carbocycles. The number of unbranched alkanes of at least 4 members (excludes halogenated alkanes) is 1. The summed E-state index contributed by atoms with van der Waals surface area (Å²) < 4.78 is 0. The van der Waals surface area contributed by atoms with E-state index in [4.69, 9.17) is 17.2 Å². The van der Waals surface area contributed by atoms with Crippen LogP contribution >= 0.6 is 0 Å². The van der Waals surface area contributed by atoms with E-state index in [2.05, 4.69) is 16.0 Å². The van der Waals surface area contributed by atoms with E-state index in [1.807, 2.05) is 0 Å².